The Kier molecular flexibility index (Phi) is 4.74. The number of methoxy groups -OCH3 is 1. The van der Waals surface area contributed by atoms with Crippen molar-refractivity contribution < 1.29 is 9.53 Å². The maximum Gasteiger partial charge on any atom is 0.314 e. The fourth-order valence-corrected chi connectivity index (χ4v) is 1.74. The van der Waals surface area contributed by atoms with E-state index >= 15 is 0 Å². The van der Waals surface area contributed by atoms with Gasteiger partial charge in [0.15, 0.2) is 0 Å². The molecule has 0 aliphatic heterocycles. The Morgan fingerprint density at radius 3 is 3.00 bits per heavy atom. The van der Waals surface area contributed by atoms with Gasteiger partial charge in [-0.15, -0.1) is 0 Å². The quantitative estimate of drug-likeness (QED) is 0.757. The Labute approximate surface area is 111 Å². The number of rotatable bonds is 6. The molecule has 0 aliphatic carbocycles. The molecule has 0 fully saturated rings. The van der Waals surface area contributed by atoms with Crippen molar-refractivity contribution in [1.82, 2.24) is 20.0 Å². The van der Waals surface area contributed by atoms with E-state index in [1.165, 1.54) is 0 Å². The summed E-state index contributed by atoms with van der Waals surface area (Å²) in [6.45, 7) is 1.58. The zero-order valence-electron chi connectivity index (χ0n) is 10.9. The van der Waals surface area contributed by atoms with Gasteiger partial charge in [-0.05, 0) is 12.1 Å². The highest BCUT2D eigenvalue weighted by Crippen LogP contribution is 2.04. The summed E-state index contributed by atoms with van der Waals surface area (Å²) in [5.41, 5.74) is 1.88. The molecule has 0 bridgehead atoms. The number of aromatic nitrogens is 2. The van der Waals surface area contributed by atoms with Crippen molar-refractivity contribution in [3.63, 3.8) is 0 Å². The highest BCUT2D eigenvalue weighted by molar-refractivity contribution is 5.73. The molecule has 0 saturated heterocycles. The van der Waals surface area contributed by atoms with Gasteiger partial charge in [-0.2, -0.15) is 0 Å². The summed E-state index contributed by atoms with van der Waals surface area (Å²) >= 11 is 0. The lowest BCUT2D eigenvalue weighted by Crippen LogP contribution is -2.38. The Balaban J connectivity index is 1.74. The second kappa shape index (κ2) is 6.75. The molecule has 2 aromatic heterocycles. The molecule has 0 aliphatic rings. The molecule has 0 atom stereocenters. The Morgan fingerprint density at radius 1 is 1.37 bits per heavy atom. The maximum atomic E-state index is 11.4. The van der Waals surface area contributed by atoms with Gasteiger partial charge in [-0.1, -0.05) is 6.07 Å². The normalized spacial score (nSPS) is 10.6. The van der Waals surface area contributed by atoms with E-state index in [0.29, 0.717) is 26.1 Å². The number of nitrogens with one attached hydrogen (secondary N) is 2. The summed E-state index contributed by atoms with van der Waals surface area (Å²) < 4.78 is 6.81. The molecule has 0 aromatic carbocycles. The van der Waals surface area contributed by atoms with Crippen LogP contribution >= 0.6 is 0 Å². The highest BCUT2D eigenvalue weighted by atomic mass is 16.5. The van der Waals surface area contributed by atoms with Crippen LogP contribution in [0, 0.1) is 0 Å². The number of imidazole rings is 1. The molecule has 0 unspecified atom stereocenters. The second-order valence-corrected chi connectivity index (χ2v) is 4.12. The smallest absolute Gasteiger partial charge is 0.314 e. The van der Waals surface area contributed by atoms with Gasteiger partial charge >= 0.3 is 6.03 Å². The van der Waals surface area contributed by atoms with Crippen molar-refractivity contribution >= 4 is 11.7 Å². The van der Waals surface area contributed by atoms with Crippen LogP contribution in [-0.4, -0.2) is 42.2 Å². The molecule has 6 heteroatoms. The van der Waals surface area contributed by atoms with Gasteiger partial charge in [0.25, 0.3) is 0 Å². The first-order valence-electron chi connectivity index (χ1n) is 6.23. The number of amides is 2. The molecule has 102 valence electrons. The molecule has 2 amide bonds. The van der Waals surface area contributed by atoms with Gasteiger partial charge in [0.1, 0.15) is 5.65 Å². The average molecular weight is 262 g/mol. The third-order valence-electron chi connectivity index (χ3n) is 2.67. The fraction of sp³-hybridized carbons (Fsp3) is 0.385. The average Bonchev–Trinajstić information content (AvgIpc) is 2.81. The third-order valence-corrected chi connectivity index (χ3v) is 2.67. The molecule has 6 nitrogen and oxygen atoms in total. The fourth-order valence-electron chi connectivity index (χ4n) is 1.74. The van der Waals surface area contributed by atoms with Crippen LogP contribution in [-0.2, 0) is 11.2 Å². The minimum atomic E-state index is -0.180. The van der Waals surface area contributed by atoms with Crippen LogP contribution in [0.15, 0.2) is 30.6 Å². The molecule has 2 N–H and O–H groups in total. The monoisotopic (exact) mass is 262 g/mol. The van der Waals surface area contributed by atoms with E-state index in [4.69, 9.17) is 4.74 Å². The zero-order chi connectivity index (χ0) is 13.5. The van der Waals surface area contributed by atoms with E-state index in [9.17, 15) is 4.79 Å². The number of nitrogens with zero attached hydrogens (tertiary/aromatic N) is 2. The Hall–Kier alpha value is -2.08. The Bertz CT molecular complexity index is 505. The van der Waals surface area contributed by atoms with Crippen molar-refractivity contribution in [1.29, 1.82) is 0 Å². The summed E-state index contributed by atoms with van der Waals surface area (Å²) in [7, 11) is 1.60. The molecule has 2 aromatic rings. The van der Waals surface area contributed by atoms with Crippen LogP contribution in [0.3, 0.4) is 0 Å². The number of carbonyl (C=O) groups excluding carboxylic acids is 1. The summed E-state index contributed by atoms with van der Waals surface area (Å²) in [5, 5.41) is 5.48. The van der Waals surface area contributed by atoms with Gasteiger partial charge < -0.3 is 19.8 Å². The first-order chi connectivity index (χ1) is 9.29. The summed E-state index contributed by atoms with van der Waals surface area (Å²) in [5.74, 6) is 0. The van der Waals surface area contributed by atoms with E-state index in [1.54, 1.807) is 7.11 Å². The Morgan fingerprint density at radius 2 is 2.21 bits per heavy atom. The van der Waals surface area contributed by atoms with Crippen LogP contribution in [0.5, 0.6) is 0 Å². The molecule has 2 heterocycles. The summed E-state index contributed by atoms with van der Waals surface area (Å²) in [4.78, 5) is 15.8. The molecule has 0 radical (unpaired) electrons. The molecular formula is C13H18N4O2. The number of hydrogen-bond donors (Lipinski definition) is 2. The standard InChI is InChI=1S/C13H18N4O2/c1-19-9-7-15-13(18)14-6-5-11-10-17-8-3-2-4-12(17)16-11/h2-4,8,10H,5-7,9H2,1H3,(H2,14,15,18). The third kappa shape index (κ3) is 3.96. The maximum absolute atomic E-state index is 11.4. The lowest BCUT2D eigenvalue weighted by molar-refractivity contribution is 0.196. The first-order valence-corrected chi connectivity index (χ1v) is 6.23. The zero-order valence-corrected chi connectivity index (χ0v) is 10.9. The number of ether oxygens (including phenoxy) is 1. The molecule has 0 spiro atoms. The molecular weight excluding hydrogens is 244 g/mol. The minimum Gasteiger partial charge on any atom is -0.383 e. The van der Waals surface area contributed by atoms with Gasteiger partial charge in [0.05, 0.1) is 12.3 Å². The van der Waals surface area contributed by atoms with E-state index in [-0.39, 0.29) is 6.03 Å². The largest absolute Gasteiger partial charge is 0.383 e. The van der Waals surface area contributed by atoms with E-state index in [2.05, 4.69) is 15.6 Å². The van der Waals surface area contributed by atoms with Crippen LogP contribution in [0.25, 0.3) is 5.65 Å². The predicted octanol–water partition coefficient (Wildman–Crippen LogP) is 0.822. The highest BCUT2D eigenvalue weighted by Gasteiger charge is 2.02. The summed E-state index contributed by atoms with van der Waals surface area (Å²) in [6, 6.07) is 5.68. The molecule has 19 heavy (non-hydrogen) atoms. The minimum absolute atomic E-state index is 0.180. The second-order valence-electron chi connectivity index (χ2n) is 4.12. The van der Waals surface area contributed by atoms with Crippen LogP contribution in [0.2, 0.25) is 0 Å². The molecule has 0 saturated carbocycles. The van der Waals surface area contributed by atoms with Gasteiger partial charge in [0.2, 0.25) is 0 Å². The van der Waals surface area contributed by atoms with Crippen molar-refractivity contribution in [2.45, 2.75) is 6.42 Å². The number of carbonyl (C=O) groups is 1. The number of pyridine rings is 1. The van der Waals surface area contributed by atoms with Crippen molar-refractivity contribution in [2.24, 2.45) is 0 Å². The lowest BCUT2D eigenvalue weighted by atomic mass is 10.3. The van der Waals surface area contributed by atoms with Crippen LogP contribution in [0.1, 0.15) is 5.69 Å². The van der Waals surface area contributed by atoms with Crippen LogP contribution < -0.4 is 10.6 Å². The van der Waals surface area contributed by atoms with E-state index < -0.39 is 0 Å². The molecule has 2 rings (SSSR count). The number of urea groups is 1. The van der Waals surface area contributed by atoms with E-state index in [1.807, 2.05) is 35.0 Å². The van der Waals surface area contributed by atoms with Gasteiger partial charge in [-0.3, -0.25) is 0 Å². The van der Waals surface area contributed by atoms with Gasteiger partial charge in [-0.25, -0.2) is 9.78 Å². The van der Waals surface area contributed by atoms with Crippen molar-refractivity contribution in [3.8, 4) is 0 Å². The van der Waals surface area contributed by atoms with Crippen LogP contribution in [0.4, 0.5) is 4.79 Å². The van der Waals surface area contributed by atoms with Gasteiger partial charge in [0, 0.05) is 39.0 Å². The summed E-state index contributed by atoms with van der Waals surface area (Å²) in [6.07, 6.45) is 4.63. The topological polar surface area (TPSA) is 67.7 Å². The number of hydrogen-bond acceptors (Lipinski definition) is 3. The number of fused-ring (bicyclic) bond motifs is 1. The predicted molar refractivity (Wildman–Crippen MR) is 72.2 cm³/mol. The lowest BCUT2D eigenvalue weighted by Gasteiger charge is -2.05. The first kappa shape index (κ1) is 13.4. The van der Waals surface area contributed by atoms with Crippen molar-refractivity contribution in [2.75, 3.05) is 26.8 Å². The van der Waals surface area contributed by atoms with E-state index in [0.717, 1.165) is 11.3 Å². The van der Waals surface area contributed by atoms with Crippen molar-refractivity contribution in [3.05, 3.63) is 36.3 Å². The SMILES string of the molecule is COCCNC(=O)NCCc1cn2ccccc2n1.